The quantitative estimate of drug-likeness (QED) is 0.454. The number of alkyl halides is 2. The number of halogens is 3. The summed E-state index contributed by atoms with van der Waals surface area (Å²) in [5, 5.41) is 10.5. The van der Waals surface area contributed by atoms with Crippen molar-refractivity contribution < 1.29 is 31.4 Å². The van der Waals surface area contributed by atoms with Crippen molar-refractivity contribution in [3.05, 3.63) is 77.6 Å². The Balaban J connectivity index is 1.65. The predicted molar refractivity (Wildman–Crippen MR) is 116 cm³/mol. The average molecular weight is 489 g/mol. The summed E-state index contributed by atoms with van der Waals surface area (Å²) in [5.41, 5.74) is 2.03. The molecular formula is C23H18F3N3O4S. The molecule has 11 heteroatoms. The number of fused-ring (bicyclic) bond motifs is 3. The number of nitrogens with zero attached hydrogens (tertiary/aromatic N) is 3. The Bertz CT molecular complexity index is 1500. The van der Waals surface area contributed by atoms with E-state index in [0.29, 0.717) is 22.5 Å². The number of hydrogen-bond donors (Lipinski definition) is 1. The summed E-state index contributed by atoms with van der Waals surface area (Å²) < 4.78 is 70.6. The van der Waals surface area contributed by atoms with E-state index < -0.39 is 34.3 Å². The molecule has 1 aliphatic rings. The van der Waals surface area contributed by atoms with Crippen molar-refractivity contribution in [1.29, 1.82) is 0 Å². The van der Waals surface area contributed by atoms with Crippen molar-refractivity contribution in [2.24, 2.45) is 0 Å². The first-order valence-electron chi connectivity index (χ1n) is 10.2. The molecule has 0 spiro atoms. The molecule has 0 saturated carbocycles. The molecule has 0 amide bonds. The van der Waals surface area contributed by atoms with E-state index in [1.165, 1.54) is 36.7 Å². The van der Waals surface area contributed by atoms with Crippen LogP contribution >= 0.6 is 0 Å². The number of pyridine rings is 2. The van der Waals surface area contributed by atoms with Crippen LogP contribution in [0.3, 0.4) is 0 Å². The molecule has 7 nitrogen and oxygen atoms in total. The fourth-order valence-corrected chi connectivity index (χ4v) is 4.92. The minimum Gasteiger partial charge on any atom is -0.435 e. The van der Waals surface area contributed by atoms with Gasteiger partial charge in [0.05, 0.1) is 17.5 Å². The van der Waals surface area contributed by atoms with Crippen molar-refractivity contribution in [2.45, 2.75) is 30.1 Å². The molecule has 0 saturated heterocycles. The lowest BCUT2D eigenvalue weighted by Crippen LogP contribution is -2.08. The highest BCUT2D eigenvalue weighted by Crippen LogP contribution is 2.47. The van der Waals surface area contributed by atoms with Crippen LogP contribution in [0.25, 0.3) is 16.8 Å². The van der Waals surface area contributed by atoms with Crippen LogP contribution in [0.2, 0.25) is 0 Å². The number of hydrogen-bond acceptors (Lipinski definition) is 6. The van der Waals surface area contributed by atoms with Crippen molar-refractivity contribution in [3.8, 4) is 16.9 Å². The molecule has 4 aromatic rings. The predicted octanol–water partition coefficient (Wildman–Crippen LogP) is 4.11. The van der Waals surface area contributed by atoms with Crippen LogP contribution in [0.4, 0.5) is 13.2 Å². The third kappa shape index (κ3) is 3.80. The van der Waals surface area contributed by atoms with Gasteiger partial charge >= 0.3 is 6.61 Å². The van der Waals surface area contributed by atoms with Gasteiger partial charge in [0.2, 0.25) is 0 Å². The Morgan fingerprint density at radius 3 is 2.65 bits per heavy atom. The molecule has 3 aromatic heterocycles. The maximum absolute atomic E-state index is 15.0. The van der Waals surface area contributed by atoms with Gasteiger partial charge in [-0.25, -0.2) is 22.8 Å². The molecule has 0 aliphatic heterocycles. The lowest BCUT2D eigenvalue weighted by atomic mass is 9.95. The third-order valence-electron chi connectivity index (χ3n) is 5.82. The zero-order valence-corrected chi connectivity index (χ0v) is 18.5. The number of para-hydroxylation sites is 1. The molecule has 1 N–H and O–H groups in total. The highest BCUT2D eigenvalue weighted by molar-refractivity contribution is 7.90. The SMILES string of the molecule is CS(=O)(=O)c1ccc(-c2cn3c4c(nc3cc2F)C(O)C[C@@H]4c2ccccc2OC(F)F)cn1. The van der Waals surface area contributed by atoms with E-state index in [0.717, 1.165) is 6.26 Å². The summed E-state index contributed by atoms with van der Waals surface area (Å²) in [5.74, 6) is -1.16. The molecule has 3 heterocycles. The Kier molecular flexibility index (Phi) is 5.33. The van der Waals surface area contributed by atoms with Gasteiger partial charge in [0.15, 0.2) is 14.9 Å². The average Bonchev–Trinajstić information content (AvgIpc) is 3.29. The smallest absolute Gasteiger partial charge is 0.387 e. The van der Waals surface area contributed by atoms with Crippen molar-refractivity contribution in [1.82, 2.24) is 14.4 Å². The van der Waals surface area contributed by atoms with E-state index in [9.17, 15) is 26.7 Å². The molecule has 0 fully saturated rings. The number of ether oxygens (including phenoxy) is 1. The number of aliphatic hydroxyl groups excluding tert-OH is 1. The van der Waals surface area contributed by atoms with Gasteiger partial charge in [-0.2, -0.15) is 8.78 Å². The molecule has 2 atom stereocenters. The molecule has 0 radical (unpaired) electrons. The van der Waals surface area contributed by atoms with E-state index in [1.807, 2.05) is 0 Å². The van der Waals surface area contributed by atoms with Crippen LogP contribution in [-0.2, 0) is 9.84 Å². The summed E-state index contributed by atoms with van der Waals surface area (Å²) in [7, 11) is -3.52. The van der Waals surface area contributed by atoms with Crippen LogP contribution in [0.1, 0.15) is 35.4 Å². The van der Waals surface area contributed by atoms with Crippen LogP contribution in [0.5, 0.6) is 5.75 Å². The molecule has 0 bridgehead atoms. The molecule has 34 heavy (non-hydrogen) atoms. The largest absolute Gasteiger partial charge is 0.435 e. The lowest BCUT2D eigenvalue weighted by Gasteiger charge is -2.17. The molecule has 1 unspecified atom stereocenters. The summed E-state index contributed by atoms with van der Waals surface area (Å²) in [6.07, 6.45) is 2.99. The maximum atomic E-state index is 15.0. The second kappa shape index (κ2) is 8.10. The molecule has 176 valence electrons. The summed E-state index contributed by atoms with van der Waals surface area (Å²) in [6, 6.07) is 10.3. The lowest BCUT2D eigenvalue weighted by molar-refractivity contribution is -0.0506. The van der Waals surface area contributed by atoms with Crippen LogP contribution < -0.4 is 4.74 Å². The molecular weight excluding hydrogens is 471 g/mol. The maximum Gasteiger partial charge on any atom is 0.387 e. The van der Waals surface area contributed by atoms with Gasteiger partial charge in [0, 0.05) is 47.3 Å². The summed E-state index contributed by atoms with van der Waals surface area (Å²) in [4.78, 5) is 8.29. The van der Waals surface area contributed by atoms with E-state index >= 15 is 0 Å². The van der Waals surface area contributed by atoms with E-state index in [1.54, 1.807) is 22.6 Å². The number of rotatable bonds is 5. The first-order chi connectivity index (χ1) is 16.1. The fourth-order valence-electron chi connectivity index (χ4n) is 4.36. The van der Waals surface area contributed by atoms with E-state index in [2.05, 4.69) is 14.7 Å². The van der Waals surface area contributed by atoms with Crippen molar-refractivity contribution in [3.63, 3.8) is 0 Å². The first kappa shape index (κ1) is 22.4. The summed E-state index contributed by atoms with van der Waals surface area (Å²) >= 11 is 0. The van der Waals surface area contributed by atoms with Crippen LogP contribution in [0.15, 0.2) is 59.9 Å². The Labute approximate surface area is 192 Å². The first-order valence-corrected chi connectivity index (χ1v) is 12.1. The van der Waals surface area contributed by atoms with Crippen LogP contribution in [-0.4, -0.2) is 40.8 Å². The summed E-state index contributed by atoms with van der Waals surface area (Å²) in [6.45, 7) is -3.02. The number of aromatic nitrogens is 3. The van der Waals surface area contributed by atoms with E-state index in [-0.39, 0.29) is 28.4 Å². The van der Waals surface area contributed by atoms with Gasteiger partial charge in [-0.1, -0.05) is 18.2 Å². The van der Waals surface area contributed by atoms with Gasteiger partial charge in [-0.3, -0.25) is 0 Å². The van der Waals surface area contributed by atoms with Crippen LogP contribution in [0, 0.1) is 5.82 Å². The minimum absolute atomic E-state index is 0.0135. The Morgan fingerprint density at radius 2 is 1.97 bits per heavy atom. The van der Waals surface area contributed by atoms with E-state index in [4.69, 9.17) is 0 Å². The normalized spacial score (nSPS) is 17.9. The molecule has 1 aromatic carbocycles. The van der Waals surface area contributed by atoms with Gasteiger partial charge in [0.25, 0.3) is 0 Å². The molecule has 1 aliphatic carbocycles. The second-order valence-corrected chi connectivity index (χ2v) is 9.99. The number of aliphatic hydroxyl groups is 1. The van der Waals surface area contributed by atoms with Gasteiger partial charge < -0.3 is 14.2 Å². The standard InChI is InChI=1S/C23H18F3N3O4S/c1-34(31,32)20-7-6-12(10-27-20)15-11-29-19(9-16(15)24)28-21-17(30)8-14(22(21)29)13-4-2-3-5-18(13)33-23(25)26/h2-7,9-11,14,17,23,30H,8H2,1H3/t14-,17?/m1/s1. The third-order valence-corrected chi connectivity index (χ3v) is 6.82. The topological polar surface area (TPSA) is 93.8 Å². The number of imidazole rings is 1. The van der Waals surface area contributed by atoms with Gasteiger partial charge in [-0.05, 0) is 24.6 Å². The fraction of sp³-hybridized carbons (Fsp3) is 0.217. The van der Waals surface area contributed by atoms with Crippen molar-refractivity contribution >= 4 is 15.5 Å². The van der Waals surface area contributed by atoms with Gasteiger partial charge in [0.1, 0.15) is 17.2 Å². The number of benzene rings is 1. The highest BCUT2D eigenvalue weighted by atomic mass is 32.2. The Morgan fingerprint density at radius 1 is 1.21 bits per heavy atom. The van der Waals surface area contributed by atoms with Gasteiger partial charge in [-0.15, -0.1) is 0 Å². The van der Waals surface area contributed by atoms with Crippen molar-refractivity contribution in [2.75, 3.05) is 6.26 Å². The highest BCUT2D eigenvalue weighted by Gasteiger charge is 2.37. The zero-order chi connectivity index (χ0) is 24.2. The zero-order valence-electron chi connectivity index (χ0n) is 17.7. The monoisotopic (exact) mass is 489 g/mol. The Hall–Kier alpha value is -3.44. The number of sulfone groups is 1. The molecule has 5 rings (SSSR count). The second-order valence-electron chi connectivity index (χ2n) is 8.02. The minimum atomic E-state index is -3.52.